The van der Waals surface area contributed by atoms with Crippen LogP contribution in [-0.2, 0) is 11.8 Å². The van der Waals surface area contributed by atoms with Crippen LogP contribution in [0.2, 0.25) is 5.02 Å². The summed E-state index contributed by atoms with van der Waals surface area (Å²) in [5.41, 5.74) is 9.35. The Hall–Kier alpha value is -2.71. The minimum atomic E-state index is -1.00. The standard InChI is InChI=1S/C27H27ClN4O3.2ClH/c28-20-6-2-5-19(14-20)27(16-29)10-7-21(8-11-27)32-12-9-23-22(25(32)33)15-30-24(31-23)17-3-1-4-18(13-17)26(34)35;;/h1-6,13-15,21H,7-12,16,29H2,(H,34,35);2*1H/t21-,27+;;. The van der Waals surface area contributed by atoms with Gasteiger partial charge < -0.3 is 15.7 Å². The summed E-state index contributed by atoms with van der Waals surface area (Å²) in [7, 11) is 0. The molecule has 0 atom stereocenters. The fraction of sp³-hybridized carbons (Fsp3) is 0.333. The van der Waals surface area contributed by atoms with E-state index in [1.54, 1.807) is 24.4 Å². The molecule has 0 spiro atoms. The minimum Gasteiger partial charge on any atom is -0.478 e. The van der Waals surface area contributed by atoms with Crippen LogP contribution in [0.5, 0.6) is 0 Å². The average Bonchev–Trinajstić information content (AvgIpc) is 2.89. The van der Waals surface area contributed by atoms with Crippen molar-refractivity contribution in [1.82, 2.24) is 14.9 Å². The number of aromatic nitrogens is 2. The quantitative estimate of drug-likeness (QED) is 0.443. The van der Waals surface area contributed by atoms with Crippen molar-refractivity contribution in [3.63, 3.8) is 0 Å². The van der Waals surface area contributed by atoms with E-state index in [1.807, 2.05) is 23.1 Å². The van der Waals surface area contributed by atoms with Crippen molar-refractivity contribution in [1.29, 1.82) is 0 Å². The number of halogens is 3. The van der Waals surface area contributed by atoms with Gasteiger partial charge in [-0.1, -0.05) is 35.9 Å². The van der Waals surface area contributed by atoms with Gasteiger partial charge in [-0.05, 0) is 55.5 Å². The van der Waals surface area contributed by atoms with E-state index in [-0.39, 0.29) is 47.7 Å². The van der Waals surface area contributed by atoms with Crippen LogP contribution in [0.4, 0.5) is 0 Å². The normalized spacial score (nSPS) is 20.9. The zero-order valence-electron chi connectivity index (χ0n) is 20.1. The van der Waals surface area contributed by atoms with Crippen LogP contribution < -0.4 is 5.73 Å². The molecule has 1 aliphatic carbocycles. The molecule has 0 saturated heterocycles. The molecule has 1 amide bonds. The van der Waals surface area contributed by atoms with Gasteiger partial charge >= 0.3 is 5.97 Å². The summed E-state index contributed by atoms with van der Waals surface area (Å²) in [5.74, 6) is -0.609. The maximum atomic E-state index is 13.4. The molecule has 0 radical (unpaired) electrons. The Morgan fingerprint density at radius 1 is 1.14 bits per heavy atom. The Balaban J connectivity index is 0.00000190. The van der Waals surface area contributed by atoms with Gasteiger partial charge in [-0.3, -0.25) is 4.79 Å². The van der Waals surface area contributed by atoms with Gasteiger partial charge in [0.05, 0.1) is 16.8 Å². The molecule has 3 N–H and O–H groups in total. The minimum absolute atomic E-state index is 0. The van der Waals surface area contributed by atoms with Crippen molar-refractivity contribution < 1.29 is 14.7 Å². The second kappa shape index (κ2) is 11.8. The molecule has 0 bridgehead atoms. The molecule has 37 heavy (non-hydrogen) atoms. The van der Waals surface area contributed by atoms with Gasteiger partial charge in [0.15, 0.2) is 5.82 Å². The van der Waals surface area contributed by atoms with Crippen molar-refractivity contribution in [3.8, 4) is 11.4 Å². The van der Waals surface area contributed by atoms with Gasteiger partial charge in [0.1, 0.15) is 0 Å². The first kappa shape index (κ1) is 28.9. The van der Waals surface area contributed by atoms with Crippen molar-refractivity contribution >= 4 is 48.3 Å². The molecule has 7 nitrogen and oxygen atoms in total. The molecule has 5 rings (SSSR count). The number of rotatable bonds is 5. The van der Waals surface area contributed by atoms with Crippen LogP contribution in [0.15, 0.2) is 54.7 Å². The monoisotopic (exact) mass is 562 g/mol. The molecule has 0 unspecified atom stereocenters. The number of carbonyl (C=O) groups is 2. The zero-order chi connectivity index (χ0) is 24.6. The number of benzene rings is 2. The number of carboxylic acids is 1. The molecule has 2 aromatic carbocycles. The first-order chi connectivity index (χ1) is 16.9. The summed E-state index contributed by atoms with van der Waals surface area (Å²) in [4.78, 5) is 35.7. The number of carboxylic acid groups (broad SMARTS) is 1. The fourth-order valence-electron chi connectivity index (χ4n) is 5.44. The number of nitrogens with two attached hydrogens (primary N) is 1. The van der Waals surface area contributed by atoms with Gasteiger partial charge in [0, 0.05) is 47.8 Å². The predicted molar refractivity (Wildman–Crippen MR) is 148 cm³/mol. The van der Waals surface area contributed by atoms with Crippen molar-refractivity contribution in [2.24, 2.45) is 5.73 Å². The highest BCUT2D eigenvalue weighted by molar-refractivity contribution is 6.30. The smallest absolute Gasteiger partial charge is 0.335 e. The van der Waals surface area contributed by atoms with Gasteiger partial charge in [-0.15, -0.1) is 24.8 Å². The molecule has 1 aromatic heterocycles. The number of hydrogen-bond donors (Lipinski definition) is 2. The topological polar surface area (TPSA) is 109 Å². The van der Waals surface area contributed by atoms with E-state index in [4.69, 9.17) is 17.3 Å². The van der Waals surface area contributed by atoms with Gasteiger partial charge in [-0.2, -0.15) is 0 Å². The van der Waals surface area contributed by atoms with Crippen LogP contribution in [0.25, 0.3) is 11.4 Å². The second-order valence-corrected chi connectivity index (χ2v) is 9.85. The molecular weight excluding hydrogens is 535 g/mol. The van der Waals surface area contributed by atoms with Gasteiger partial charge in [0.2, 0.25) is 0 Å². The lowest BCUT2D eigenvalue weighted by atomic mass is 9.68. The lowest BCUT2D eigenvalue weighted by Crippen LogP contribution is -2.49. The van der Waals surface area contributed by atoms with E-state index in [1.165, 1.54) is 11.6 Å². The van der Waals surface area contributed by atoms with E-state index >= 15 is 0 Å². The lowest BCUT2D eigenvalue weighted by molar-refractivity contribution is 0.0571. The molecule has 3 aromatic rings. The first-order valence-corrected chi connectivity index (χ1v) is 12.2. The van der Waals surface area contributed by atoms with E-state index in [0.29, 0.717) is 47.2 Å². The summed E-state index contributed by atoms with van der Waals surface area (Å²) in [6, 6.07) is 14.6. The number of amides is 1. The van der Waals surface area contributed by atoms with Crippen LogP contribution in [0, 0.1) is 0 Å². The number of aromatic carboxylic acids is 1. The maximum Gasteiger partial charge on any atom is 0.335 e. The van der Waals surface area contributed by atoms with E-state index < -0.39 is 5.97 Å². The van der Waals surface area contributed by atoms with Crippen LogP contribution >= 0.6 is 36.4 Å². The van der Waals surface area contributed by atoms with Crippen LogP contribution in [-0.4, -0.2) is 51.0 Å². The Morgan fingerprint density at radius 3 is 2.54 bits per heavy atom. The number of fused-ring (bicyclic) bond motifs is 1. The summed E-state index contributed by atoms with van der Waals surface area (Å²) in [6.45, 7) is 1.16. The predicted octanol–water partition coefficient (Wildman–Crippen LogP) is 5.18. The number of hydrogen-bond acceptors (Lipinski definition) is 5. The Kier molecular flexibility index (Phi) is 9.18. The SMILES string of the molecule is Cl.Cl.NC[C@]1(c2cccc(Cl)c2)CC[C@@H](N2CCc3nc(-c4cccc(C(=O)O)c4)ncc3C2=O)CC1. The van der Waals surface area contributed by atoms with E-state index in [9.17, 15) is 14.7 Å². The van der Waals surface area contributed by atoms with Crippen molar-refractivity contribution in [3.05, 3.63) is 82.1 Å². The van der Waals surface area contributed by atoms with Crippen LogP contribution in [0.1, 0.15) is 57.7 Å². The largest absolute Gasteiger partial charge is 0.478 e. The van der Waals surface area contributed by atoms with Crippen LogP contribution in [0.3, 0.4) is 0 Å². The zero-order valence-corrected chi connectivity index (χ0v) is 22.5. The third kappa shape index (κ3) is 5.60. The third-order valence-corrected chi connectivity index (χ3v) is 7.73. The highest BCUT2D eigenvalue weighted by Crippen LogP contribution is 2.41. The fourth-order valence-corrected chi connectivity index (χ4v) is 5.63. The summed E-state index contributed by atoms with van der Waals surface area (Å²) in [5, 5.41) is 9.97. The summed E-state index contributed by atoms with van der Waals surface area (Å²) >= 11 is 6.24. The number of carbonyl (C=O) groups excluding carboxylic acids is 1. The first-order valence-electron chi connectivity index (χ1n) is 11.9. The molecular formula is C27H29Cl3N4O3. The molecule has 196 valence electrons. The lowest BCUT2D eigenvalue weighted by Gasteiger charge is -2.44. The highest BCUT2D eigenvalue weighted by Gasteiger charge is 2.40. The Morgan fingerprint density at radius 2 is 1.86 bits per heavy atom. The Labute approximate surface area is 233 Å². The third-order valence-electron chi connectivity index (χ3n) is 7.50. The molecule has 2 aliphatic rings. The van der Waals surface area contributed by atoms with Gasteiger partial charge in [-0.25, -0.2) is 14.8 Å². The summed E-state index contributed by atoms with van der Waals surface area (Å²) < 4.78 is 0. The highest BCUT2D eigenvalue weighted by atomic mass is 35.5. The van der Waals surface area contributed by atoms with Crippen molar-refractivity contribution in [2.45, 2.75) is 43.6 Å². The maximum absolute atomic E-state index is 13.4. The van der Waals surface area contributed by atoms with E-state index in [2.05, 4.69) is 16.0 Å². The molecule has 1 aliphatic heterocycles. The van der Waals surface area contributed by atoms with E-state index in [0.717, 1.165) is 25.7 Å². The Bertz CT molecular complexity index is 1300. The molecule has 1 saturated carbocycles. The van der Waals surface area contributed by atoms with Crippen molar-refractivity contribution in [2.75, 3.05) is 13.1 Å². The average molecular weight is 564 g/mol. The number of nitrogens with zero attached hydrogens (tertiary/aromatic N) is 3. The second-order valence-electron chi connectivity index (χ2n) is 9.41. The molecule has 10 heteroatoms. The summed E-state index contributed by atoms with van der Waals surface area (Å²) in [6.07, 6.45) is 5.79. The molecule has 2 heterocycles. The molecule has 1 fully saturated rings. The van der Waals surface area contributed by atoms with Gasteiger partial charge in [0.25, 0.3) is 5.91 Å².